The molecular weight excluding hydrogens is 404 g/mol. The Morgan fingerprint density at radius 1 is 1.10 bits per heavy atom. The fraction of sp³-hybridized carbons (Fsp3) is 0.409. The molecule has 0 spiro atoms. The van der Waals surface area contributed by atoms with E-state index >= 15 is 0 Å². The van der Waals surface area contributed by atoms with Crippen molar-refractivity contribution in [3.8, 4) is 11.5 Å². The number of ether oxygens (including phenoxy) is 2. The molecule has 0 saturated heterocycles. The number of nitrogens with zero attached hydrogens (tertiary/aromatic N) is 2. The minimum Gasteiger partial charge on any atom is -0.486 e. The van der Waals surface area contributed by atoms with E-state index in [9.17, 15) is 13.2 Å². The number of aryl methyl sites for hydroxylation is 1. The van der Waals surface area contributed by atoms with E-state index < -0.39 is 10.0 Å². The summed E-state index contributed by atoms with van der Waals surface area (Å²) in [7, 11) is -0.696. The number of amides is 1. The zero-order chi connectivity index (χ0) is 22.1. The summed E-state index contributed by atoms with van der Waals surface area (Å²) < 4.78 is 38.0. The predicted molar refractivity (Wildman–Crippen MR) is 115 cm³/mol. The van der Waals surface area contributed by atoms with Gasteiger partial charge in [-0.15, -0.1) is 0 Å². The molecule has 2 aromatic rings. The molecule has 1 heterocycles. The molecule has 1 aliphatic rings. The highest BCUT2D eigenvalue weighted by molar-refractivity contribution is 7.89. The van der Waals surface area contributed by atoms with Crippen molar-refractivity contribution in [2.75, 3.05) is 33.9 Å². The SMILES string of the molecule is CCN(Cc1cccc2c1OCCO2)C(=O)c1cc(C)c(C)c(S(=O)(=O)N(C)C)c1. The Hall–Kier alpha value is -2.58. The Morgan fingerprint density at radius 2 is 1.80 bits per heavy atom. The van der Waals surface area contributed by atoms with Crippen LogP contribution >= 0.6 is 0 Å². The van der Waals surface area contributed by atoms with Gasteiger partial charge in [0.1, 0.15) is 13.2 Å². The van der Waals surface area contributed by atoms with Crippen molar-refractivity contribution in [2.24, 2.45) is 0 Å². The zero-order valence-electron chi connectivity index (χ0n) is 18.1. The first-order valence-corrected chi connectivity index (χ1v) is 11.3. The first-order chi connectivity index (χ1) is 14.2. The van der Waals surface area contributed by atoms with Gasteiger partial charge in [0.05, 0.1) is 4.90 Å². The molecular formula is C22H28N2O5S. The van der Waals surface area contributed by atoms with Crippen molar-refractivity contribution in [3.05, 3.63) is 52.6 Å². The summed E-state index contributed by atoms with van der Waals surface area (Å²) in [6.07, 6.45) is 0. The van der Waals surface area contributed by atoms with E-state index in [1.54, 1.807) is 17.9 Å². The minimum absolute atomic E-state index is 0.153. The van der Waals surface area contributed by atoms with Crippen LogP contribution in [-0.2, 0) is 16.6 Å². The van der Waals surface area contributed by atoms with E-state index in [0.29, 0.717) is 48.9 Å². The molecule has 0 aromatic heterocycles. The molecule has 0 aliphatic carbocycles. The topological polar surface area (TPSA) is 76.1 Å². The number of hydrogen-bond acceptors (Lipinski definition) is 5. The lowest BCUT2D eigenvalue weighted by Gasteiger charge is -2.26. The minimum atomic E-state index is -3.66. The highest BCUT2D eigenvalue weighted by Crippen LogP contribution is 2.34. The molecule has 0 saturated carbocycles. The van der Waals surface area contributed by atoms with Gasteiger partial charge >= 0.3 is 0 Å². The molecule has 1 amide bonds. The van der Waals surface area contributed by atoms with Crippen molar-refractivity contribution < 1.29 is 22.7 Å². The van der Waals surface area contributed by atoms with Crippen LogP contribution in [-0.4, -0.2) is 57.4 Å². The highest BCUT2D eigenvalue weighted by atomic mass is 32.2. The third-order valence-electron chi connectivity index (χ3n) is 5.30. The van der Waals surface area contributed by atoms with Gasteiger partial charge < -0.3 is 14.4 Å². The number of fused-ring (bicyclic) bond motifs is 1. The average molecular weight is 433 g/mol. The van der Waals surface area contributed by atoms with Crippen LogP contribution in [0.2, 0.25) is 0 Å². The lowest BCUT2D eigenvalue weighted by atomic mass is 10.0. The van der Waals surface area contributed by atoms with Crippen molar-refractivity contribution in [1.29, 1.82) is 0 Å². The Labute approximate surface area is 178 Å². The molecule has 0 unspecified atom stereocenters. The van der Waals surface area contributed by atoms with E-state index in [1.165, 1.54) is 20.2 Å². The molecule has 3 rings (SSSR count). The van der Waals surface area contributed by atoms with Crippen LogP contribution in [0.25, 0.3) is 0 Å². The first kappa shape index (κ1) is 22.1. The van der Waals surface area contributed by atoms with Gasteiger partial charge in [0, 0.05) is 38.3 Å². The van der Waals surface area contributed by atoms with E-state index in [1.807, 2.05) is 32.0 Å². The van der Waals surface area contributed by atoms with E-state index in [0.717, 1.165) is 15.4 Å². The monoisotopic (exact) mass is 432 g/mol. The van der Waals surface area contributed by atoms with Crippen molar-refractivity contribution in [1.82, 2.24) is 9.21 Å². The molecule has 30 heavy (non-hydrogen) atoms. The zero-order valence-corrected chi connectivity index (χ0v) is 18.9. The second-order valence-corrected chi connectivity index (χ2v) is 9.58. The molecule has 0 radical (unpaired) electrons. The lowest BCUT2D eigenvalue weighted by molar-refractivity contribution is 0.0748. The van der Waals surface area contributed by atoms with E-state index in [2.05, 4.69) is 0 Å². The maximum absolute atomic E-state index is 13.3. The third kappa shape index (κ3) is 4.15. The van der Waals surface area contributed by atoms with E-state index in [4.69, 9.17) is 9.47 Å². The summed E-state index contributed by atoms with van der Waals surface area (Å²) in [6.45, 7) is 7.23. The summed E-state index contributed by atoms with van der Waals surface area (Å²) in [5.41, 5.74) is 2.60. The summed E-state index contributed by atoms with van der Waals surface area (Å²) in [4.78, 5) is 15.1. The number of sulfonamides is 1. The number of para-hydroxylation sites is 1. The van der Waals surface area contributed by atoms with Crippen LogP contribution in [0.4, 0.5) is 0 Å². The molecule has 0 fully saturated rings. The molecule has 1 aliphatic heterocycles. The number of carbonyl (C=O) groups excluding carboxylic acids is 1. The van der Waals surface area contributed by atoms with Gasteiger partial charge in [0.15, 0.2) is 11.5 Å². The van der Waals surface area contributed by atoms with Crippen LogP contribution in [0.1, 0.15) is 34.0 Å². The van der Waals surface area contributed by atoms with Gasteiger partial charge in [0.2, 0.25) is 10.0 Å². The normalized spacial score (nSPS) is 13.4. The maximum Gasteiger partial charge on any atom is 0.254 e. The summed E-state index contributed by atoms with van der Waals surface area (Å²) >= 11 is 0. The van der Waals surface area contributed by atoms with Gasteiger partial charge in [0.25, 0.3) is 5.91 Å². The van der Waals surface area contributed by atoms with Crippen LogP contribution in [0, 0.1) is 13.8 Å². The summed E-state index contributed by atoms with van der Waals surface area (Å²) in [5, 5.41) is 0. The smallest absolute Gasteiger partial charge is 0.254 e. The molecule has 8 heteroatoms. The second-order valence-electron chi connectivity index (χ2n) is 7.46. The Kier molecular flexibility index (Phi) is 6.38. The first-order valence-electron chi connectivity index (χ1n) is 9.87. The van der Waals surface area contributed by atoms with E-state index in [-0.39, 0.29) is 10.8 Å². The van der Waals surface area contributed by atoms with Crippen LogP contribution in [0.3, 0.4) is 0 Å². The fourth-order valence-corrected chi connectivity index (χ4v) is 4.61. The van der Waals surface area contributed by atoms with Crippen LogP contribution in [0.5, 0.6) is 11.5 Å². The quantitative estimate of drug-likeness (QED) is 0.701. The molecule has 2 aromatic carbocycles. The number of rotatable bonds is 6. The van der Waals surface area contributed by atoms with Crippen LogP contribution < -0.4 is 9.47 Å². The van der Waals surface area contributed by atoms with Gasteiger partial charge in [-0.3, -0.25) is 4.79 Å². The molecule has 0 bridgehead atoms. The number of hydrogen-bond donors (Lipinski definition) is 0. The fourth-order valence-electron chi connectivity index (χ4n) is 3.39. The maximum atomic E-state index is 13.3. The third-order valence-corrected chi connectivity index (χ3v) is 7.24. The Balaban J connectivity index is 1.96. The van der Waals surface area contributed by atoms with Gasteiger partial charge in [-0.1, -0.05) is 12.1 Å². The number of carbonyl (C=O) groups is 1. The molecule has 7 nitrogen and oxygen atoms in total. The predicted octanol–water partition coefficient (Wildman–Crippen LogP) is 2.99. The van der Waals surface area contributed by atoms with Crippen molar-refractivity contribution in [2.45, 2.75) is 32.2 Å². The van der Waals surface area contributed by atoms with Crippen LogP contribution in [0.15, 0.2) is 35.2 Å². The molecule has 162 valence electrons. The standard InChI is InChI=1S/C22H28N2O5S/c1-6-24(14-17-8-7-9-19-21(17)29-11-10-28-19)22(25)18-12-15(2)16(3)20(13-18)30(26,27)23(4)5/h7-9,12-13H,6,10-11,14H2,1-5H3. The Bertz CT molecular complexity index is 1060. The van der Waals surface area contributed by atoms with Gasteiger partial charge in [-0.05, 0) is 50.1 Å². The lowest BCUT2D eigenvalue weighted by Crippen LogP contribution is -2.31. The largest absolute Gasteiger partial charge is 0.486 e. The summed E-state index contributed by atoms with van der Waals surface area (Å²) in [5.74, 6) is 1.10. The van der Waals surface area contributed by atoms with Crippen molar-refractivity contribution >= 4 is 15.9 Å². The van der Waals surface area contributed by atoms with Crippen molar-refractivity contribution in [3.63, 3.8) is 0 Å². The Morgan fingerprint density at radius 3 is 2.47 bits per heavy atom. The van der Waals surface area contributed by atoms with Gasteiger partial charge in [-0.2, -0.15) is 0 Å². The number of benzene rings is 2. The highest BCUT2D eigenvalue weighted by Gasteiger charge is 2.25. The molecule has 0 N–H and O–H groups in total. The van der Waals surface area contributed by atoms with Gasteiger partial charge in [-0.25, -0.2) is 12.7 Å². The second kappa shape index (κ2) is 8.65. The summed E-state index contributed by atoms with van der Waals surface area (Å²) in [6, 6.07) is 8.85. The molecule has 0 atom stereocenters. The average Bonchev–Trinajstić information content (AvgIpc) is 2.73.